The van der Waals surface area contributed by atoms with Crippen molar-refractivity contribution in [3.8, 4) is 0 Å². The van der Waals surface area contributed by atoms with Crippen molar-refractivity contribution in [2.24, 2.45) is 0 Å². The molecule has 8 nitrogen and oxygen atoms in total. The number of hydrogen-bond acceptors (Lipinski definition) is 9. The third-order valence-electron chi connectivity index (χ3n) is 6.68. The van der Waals surface area contributed by atoms with Gasteiger partial charge in [-0.25, -0.2) is 19.2 Å². The summed E-state index contributed by atoms with van der Waals surface area (Å²) in [4.78, 5) is 52.6. The fourth-order valence-corrected chi connectivity index (χ4v) is 6.20. The summed E-state index contributed by atoms with van der Waals surface area (Å²) in [6, 6.07) is 24.0. The second-order valence-corrected chi connectivity index (χ2v) is 12.9. The molecule has 0 saturated carbocycles. The van der Waals surface area contributed by atoms with Crippen LogP contribution in [0.25, 0.3) is 0 Å². The van der Waals surface area contributed by atoms with Crippen LogP contribution in [0.1, 0.15) is 41.4 Å². The first-order valence-electron chi connectivity index (χ1n) is 13.5. The summed E-state index contributed by atoms with van der Waals surface area (Å²) >= 11 is 24.9. The molecule has 1 saturated heterocycles. The number of esters is 4. The molecule has 5 rings (SSSR count). The zero-order valence-electron chi connectivity index (χ0n) is 23.4. The van der Waals surface area contributed by atoms with Gasteiger partial charge in [-0.15, -0.1) is 11.8 Å². The van der Waals surface area contributed by atoms with Crippen LogP contribution in [0.3, 0.4) is 0 Å². The quantitative estimate of drug-likeness (QED) is 0.125. The van der Waals surface area contributed by atoms with Crippen molar-refractivity contribution in [1.82, 2.24) is 0 Å². The topological polar surface area (TPSA) is 105 Å². The average molecular weight is 720 g/mol. The second-order valence-electron chi connectivity index (χ2n) is 9.81. The maximum absolute atomic E-state index is 13.3. The maximum Gasteiger partial charge on any atom is 0.339 e. The normalized spacial score (nSPS) is 18.8. The molecule has 1 aliphatic rings. The van der Waals surface area contributed by atoms with Gasteiger partial charge in [0, 0.05) is 20.1 Å². The van der Waals surface area contributed by atoms with E-state index in [9.17, 15) is 19.2 Å². The Bertz CT molecular complexity index is 1720. The zero-order valence-corrected chi connectivity index (χ0v) is 27.3. The van der Waals surface area contributed by atoms with Gasteiger partial charge < -0.3 is 18.9 Å². The molecule has 4 aromatic carbocycles. The minimum absolute atomic E-state index is 0.151. The summed E-state index contributed by atoms with van der Waals surface area (Å²) in [6.07, 6.45) is -2.55. The predicted octanol–water partition coefficient (Wildman–Crippen LogP) is 8.21. The SMILES string of the molecule is O=C(OC[C@@H]1SC(OC(=O)c2ccc(Cl)cc2)[C@H](OC(=O)c2ccc(Cl)cc2)[C@H]1OC(=O)c1ccc(Cl)cc1)c1ccc(Cl)cc1. The van der Waals surface area contributed by atoms with Crippen molar-refractivity contribution in [1.29, 1.82) is 0 Å². The molecule has 13 heteroatoms. The number of carbonyl (C=O) groups is 4. The van der Waals surface area contributed by atoms with Crippen LogP contribution >= 0.6 is 58.2 Å². The molecule has 0 aromatic heterocycles. The first-order chi connectivity index (χ1) is 22.1. The van der Waals surface area contributed by atoms with Crippen LogP contribution < -0.4 is 0 Å². The predicted molar refractivity (Wildman–Crippen MR) is 175 cm³/mol. The van der Waals surface area contributed by atoms with E-state index in [2.05, 4.69) is 0 Å². The van der Waals surface area contributed by atoms with E-state index >= 15 is 0 Å². The first-order valence-corrected chi connectivity index (χ1v) is 16.0. The molecular formula is C33H22Cl4O8S. The van der Waals surface area contributed by atoms with Gasteiger partial charge in [-0.05, 0) is 97.1 Å². The van der Waals surface area contributed by atoms with E-state index in [-0.39, 0.29) is 28.9 Å². The lowest BCUT2D eigenvalue weighted by Crippen LogP contribution is -2.42. The molecule has 0 N–H and O–H groups in total. The lowest BCUT2D eigenvalue weighted by atomic mass is 10.1. The van der Waals surface area contributed by atoms with Gasteiger partial charge in [0.1, 0.15) is 6.61 Å². The summed E-state index contributed by atoms with van der Waals surface area (Å²) in [7, 11) is 0. The van der Waals surface area contributed by atoms with Gasteiger partial charge in [-0.1, -0.05) is 46.4 Å². The molecule has 4 aromatic rings. The highest BCUT2D eigenvalue weighted by molar-refractivity contribution is 8.00. The largest absolute Gasteiger partial charge is 0.461 e. The fraction of sp³-hybridized carbons (Fsp3) is 0.152. The lowest BCUT2D eigenvalue weighted by molar-refractivity contribution is -0.0607. The van der Waals surface area contributed by atoms with Crippen molar-refractivity contribution in [3.05, 3.63) is 139 Å². The number of halogens is 4. The molecule has 1 fully saturated rings. The number of thioether (sulfide) groups is 1. The highest BCUT2D eigenvalue weighted by Gasteiger charge is 2.52. The number of ether oxygens (including phenoxy) is 4. The first kappa shape index (κ1) is 33.6. The number of hydrogen-bond donors (Lipinski definition) is 0. The Morgan fingerprint density at radius 3 is 1.20 bits per heavy atom. The molecule has 1 unspecified atom stereocenters. The molecule has 0 spiro atoms. The van der Waals surface area contributed by atoms with Gasteiger partial charge in [0.05, 0.1) is 27.5 Å². The van der Waals surface area contributed by atoms with E-state index in [1.54, 1.807) is 0 Å². The van der Waals surface area contributed by atoms with E-state index in [0.29, 0.717) is 20.1 Å². The van der Waals surface area contributed by atoms with E-state index in [1.807, 2.05) is 0 Å². The molecule has 0 aliphatic carbocycles. The minimum atomic E-state index is -1.32. The molecular weight excluding hydrogens is 698 g/mol. The van der Waals surface area contributed by atoms with Crippen LogP contribution in [0, 0.1) is 0 Å². The Hall–Kier alpha value is -3.73. The Labute approximate surface area is 287 Å². The number of rotatable bonds is 9. The summed E-state index contributed by atoms with van der Waals surface area (Å²) in [5.41, 5.74) is -0.450. The van der Waals surface area contributed by atoms with Crippen LogP contribution in [0.2, 0.25) is 20.1 Å². The third kappa shape index (κ3) is 8.54. The molecule has 4 atom stereocenters. The fourth-order valence-electron chi connectivity index (χ4n) is 4.33. The smallest absolute Gasteiger partial charge is 0.339 e. The summed E-state index contributed by atoms with van der Waals surface area (Å²) < 4.78 is 23.1. The number of carbonyl (C=O) groups excluding carboxylic acids is 4. The standard InChI is InChI=1S/C33H22Cl4O8S/c34-22-9-1-18(2-10-22)29(38)42-17-26-27(43-30(39)19-3-11-23(35)12-4-19)28(44-31(40)20-5-13-24(36)14-6-20)33(46-26)45-32(41)21-7-15-25(37)16-8-21/h1-16,26-28,33H,17H2/t26-,27-,28+,33?/m0/s1. The Balaban J connectivity index is 1.45. The van der Waals surface area contributed by atoms with Crippen LogP contribution in [0.15, 0.2) is 97.1 Å². The minimum Gasteiger partial charge on any atom is -0.461 e. The Morgan fingerprint density at radius 1 is 0.478 bits per heavy atom. The van der Waals surface area contributed by atoms with Gasteiger partial charge in [0.25, 0.3) is 0 Å². The van der Waals surface area contributed by atoms with Crippen LogP contribution in [-0.4, -0.2) is 53.4 Å². The van der Waals surface area contributed by atoms with Gasteiger partial charge in [0.2, 0.25) is 0 Å². The number of benzene rings is 4. The molecule has 0 bridgehead atoms. The lowest BCUT2D eigenvalue weighted by Gasteiger charge is -2.25. The maximum atomic E-state index is 13.3. The van der Waals surface area contributed by atoms with Crippen LogP contribution in [0.5, 0.6) is 0 Å². The average Bonchev–Trinajstić information content (AvgIpc) is 3.35. The highest BCUT2D eigenvalue weighted by Crippen LogP contribution is 2.40. The molecule has 46 heavy (non-hydrogen) atoms. The van der Waals surface area contributed by atoms with Crippen LogP contribution in [0.4, 0.5) is 0 Å². The summed E-state index contributed by atoms with van der Waals surface area (Å²) in [6.45, 7) is -0.297. The van der Waals surface area contributed by atoms with Crippen molar-refractivity contribution >= 4 is 82.0 Å². The zero-order chi connectivity index (χ0) is 32.8. The molecule has 0 amide bonds. The van der Waals surface area contributed by atoms with Crippen molar-refractivity contribution < 1.29 is 38.1 Å². The Kier molecular flexibility index (Phi) is 11.1. The highest BCUT2D eigenvalue weighted by atomic mass is 35.5. The van der Waals surface area contributed by atoms with Crippen molar-refractivity contribution in [2.45, 2.75) is 22.9 Å². The van der Waals surface area contributed by atoms with E-state index < -0.39 is 46.8 Å². The molecule has 1 aliphatic heterocycles. The van der Waals surface area contributed by atoms with Gasteiger partial charge in [-0.3, -0.25) is 0 Å². The molecule has 0 radical (unpaired) electrons. The molecule has 1 heterocycles. The second kappa shape index (κ2) is 15.2. The van der Waals surface area contributed by atoms with Crippen LogP contribution in [-0.2, 0) is 18.9 Å². The van der Waals surface area contributed by atoms with Gasteiger partial charge >= 0.3 is 23.9 Å². The van der Waals surface area contributed by atoms with E-state index in [1.165, 1.54) is 97.1 Å². The summed E-state index contributed by atoms with van der Waals surface area (Å²) in [5, 5.41) is 0.827. The van der Waals surface area contributed by atoms with Gasteiger partial charge in [0.15, 0.2) is 17.6 Å². The molecule has 236 valence electrons. The van der Waals surface area contributed by atoms with E-state index in [4.69, 9.17) is 65.4 Å². The van der Waals surface area contributed by atoms with Gasteiger partial charge in [-0.2, -0.15) is 0 Å². The van der Waals surface area contributed by atoms with Crippen molar-refractivity contribution in [3.63, 3.8) is 0 Å². The van der Waals surface area contributed by atoms with Crippen molar-refractivity contribution in [2.75, 3.05) is 6.61 Å². The third-order valence-corrected chi connectivity index (χ3v) is 9.07. The Morgan fingerprint density at radius 2 is 0.804 bits per heavy atom. The van der Waals surface area contributed by atoms with E-state index in [0.717, 1.165) is 11.8 Å². The summed E-state index contributed by atoms with van der Waals surface area (Å²) in [5.74, 6) is -2.98. The monoisotopic (exact) mass is 718 g/mol.